The molecule has 2 aromatic carbocycles. The summed E-state index contributed by atoms with van der Waals surface area (Å²) >= 11 is 0. The minimum absolute atomic E-state index is 0.105. The Hall–Kier alpha value is -2.73. The lowest BCUT2D eigenvalue weighted by molar-refractivity contribution is -0.133. The van der Waals surface area contributed by atoms with Gasteiger partial charge in [-0.05, 0) is 48.2 Å². The van der Waals surface area contributed by atoms with Crippen LogP contribution >= 0.6 is 0 Å². The molecule has 2 aliphatic rings. The molecule has 1 N–H and O–H groups in total. The van der Waals surface area contributed by atoms with Gasteiger partial charge < -0.3 is 24.2 Å². The van der Waals surface area contributed by atoms with Crippen LogP contribution in [0.1, 0.15) is 24.0 Å². The smallest absolute Gasteiger partial charge is 0.226 e. The fourth-order valence-corrected chi connectivity index (χ4v) is 3.66. The van der Waals surface area contributed by atoms with Crippen molar-refractivity contribution in [1.82, 2.24) is 4.90 Å². The first-order chi connectivity index (χ1) is 13.6. The standard InChI is InChI=1S/C22H25NO5/c1-26-19-6-5-15(9-18(19)13-24)16-10-17-12-23(22(25)14-3-4-14)7-8-28-21(17)20(11-16)27-2/h5-6,9-11,14,24H,3-4,7-8,12-13H2,1-2H3. The van der Waals surface area contributed by atoms with E-state index in [0.29, 0.717) is 36.9 Å². The molecule has 0 radical (unpaired) electrons. The van der Waals surface area contributed by atoms with Crippen molar-refractivity contribution in [1.29, 1.82) is 0 Å². The summed E-state index contributed by atoms with van der Waals surface area (Å²) in [6.45, 7) is 1.45. The van der Waals surface area contributed by atoms with Gasteiger partial charge in [0, 0.05) is 23.6 Å². The number of nitrogens with zero attached hydrogens (tertiary/aromatic N) is 1. The van der Waals surface area contributed by atoms with Crippen LogP contribution in [0.3, 0.4) is 0 Å². The van der Waals surface area contributed by atoms with E-state index in [2.05, 4.69) is 0 Å². The number of benzene rings is 2. The van der Waals surface area contributed by atoms with Gasteiger partial charge in [0.15, 0.2) is 11.5 Å². The molecule has 0 aromatic heterocycles. The molecule has 0 atom stereocenters. The topological polar surface area (TPSA) is 68.2 Å². The number of aliphatic hydroxyl groups excluding tert-OH is 1. The Bertz CT molecular complexity index is 891. The van der Waals surface area contributed by atoms with E-state index in [0.717, 1.165) is 35.1 Å². The maximum absolute atomic E-state index is 12.6. The molecule has 1 aliphatic carbocycles. The maximum atomic E-state index is 12.6. The van der Waals surface area contributed by atoms with Gasteiger partial charge in [0.25, 0.3) is 0 Å². The first kappa shape index (κ1) is 18.6. The Morgan fingerprint density at radius 1 is 1.14 bits per heavy atom. The van der Waals surface area contributed by atoms with Crippen molar-refractivity contribution in [3.05, 3.63) is 41.5 Å². The largest absolute Gasteiger partial charge is 0.496 e. The number of hydrogen-bond acceptors (Lipinski definition) is 5. The van der Waals surface area contributed by atoms with Crippen LogP contribution in [0.25, 0.3) is 11.1 Å². The second-order valence-electron chi connectivity index (χ2n) is 7.23. The molecule has 1 fully saturated rings. The summed E-state index contributed by atoms with van der Waals surface area (Å²) < 4.78 is 16.8. The van der Waals surface area contributed by atoms with Gasteiger partial charge in [-0.15, -0.1) is 0 Å². The van der Waals surface area contributed by atoms with Crippen LogP contribution in [-0.2, 0) is 17.9 Å². The summed E-state index contributed by atoms with van der Waals surface area (Å²) in [6.07, 6.45) is 1.98. The molecule has 1 aliphatic heterocycles. The number of ether oxygens (including phenoxy) is 3. The zero-order valence-corrected chi connectivity index (χ0v) is 16.2. The van der Waals surface area contributed by atoms with E-state index in [4.69, 9.17) is 14.2 Å². The van der Waals surface area contributed by atoms with Crippen LogP contribution < -0.4 is 14.2 Å². The van der Waals surface area contributed by atoms with E-state index in [-0.39, 0.29) is 18.4 Å². The molecule has 4 rings (SSSR count). The van der Waals surface area contributed by atoms with Crippen LogP contribution in [-0.4, -0.2) is 43.3 Å². The molecular formula is C22H25NO5. The Balaban J connectivity index is 1.73. The number of carbonyl (C=O) groups is 1. The van der Waals surface area contributed by atoms with Gasteiger partial charge in [0.1, 0.15) is 12.4 Å². The molecule has 1 saturated carbocycles. The summed E-state index contributed by atoms with van der Waals surface area (Å²) in [6, 6.07) is 9.67. The van der Waals surface area contributed by atoms with E-state index in [9.17, 15) is 9.90 Å². The third kappa shape index (κ3) is 3.52. The van der Waals surface area contributed by atoms with E-state index in [1.807, 2.05) is 35.2 Å². The third-order valence-corrected chi connectivity index (χ3v) is 5.34. The second kappa shape index (κ2) is 7.72. The highest BCUT2D eigenvalue weighted by Crippen LogP contribution is 2.40. The molecule has 0 unspecified atom stereocenters. The molecule has 0 saturated heterocycles. The number of carbonyl (C=O) groups excluding carboxylic acids is 1. The quantitative estimate of drug-likeness (QED) is 0.860. The Morgan fingerprint density at radius 2 is 1.93 bits per heavy atom. The molecule has 28 heavy (non-hydrogen) atoms. The lowest BCUT2D eigenvalue weighted by Crippen LogP contribution is -2.33. The maximum Gasteiger partial charge on any atom is 0.226 e. The number of methoxy groups -OCH3 is 2. The normalized spacial score (nSPS) is 16.0. The summed E-state index contributed by atoms with van der Waals surface area (Å²) in [5.74, 6) is 2.40. The fourth-order valence-electron chi connectivity index (χ4n) is 3.66. The summed E-state index contributed by atoms with van der Waals surface area (Å²) in [7, 11) is 3.20. The van der Waals surface area contributed by atoms with Crippen LogP contribution in [0.4, 0.5) is 0 Å². The van der Waals surface area contributed by atoms with E-state index in [1.165, 1.54) is 0 Å². The molecular weight excluding hydrogens is 358 g/mol. The molecule has 148 valence electrons. The Morgan fingerprint density at radius 3 is 2.61 bits per heavy atom. The minimum Gasteiger partial charge on any atom is -0.496 e. The van der Waals surface area contributed by atoms with E-state index < -0.39 is 0 Å². The van der Waals surface area contributed by atoms with Crippen LogP contribution in [0.15, 0.2) is 30.3 Å². The van der Waals surface area contributed by atoms with Crippen molar-refractivity contribution in [2.24, 2.45) is 5.92 Å². The number of amides is 1. The predicted octanol–water partition coefficient (Wildman–Crippen LogP) is 2.99. The first-order valence-electron chi connectivity index (χ1n) is 9.55. The zero-order valence-electron chi connectivity index (χ0n) is 16.2. The van der Waals surface area contributed by atoms with Crippen LogP contribution in [0.2, 0.25) is 0 Å². The van der Waals surface area contributed by atoms with Crippen molar-refractivity contribution in [2.45, 2.75) is 26.0 Å². The van der Waals surface area contributed by atoms with Gasteiger partial charge in [-0.1, -0.05) is 6.07 Å². The highest BCUT2D eigenvalue weighted by atomic mass is 16.5. The second-order valence-corrected chi connectivity index (χ2v) is 7.23. The van der Waals surface area contributed by atoms with Gasteiger partial charge in [0.2, 0.25) is 5.91 Å². The number of aliphatic hydroxyl groups is 1. The number of fused-ring (bicyclic) bond motifs is 1. The van der Waals surface area contributed by atoms with Gasteiger partial charge in [-0.2, -0.15) is 0 Å². The van der Waals surface area contributed by atoms with Crippen LogP contribution in [0.5, 0.6) is 17.2 Å². The summed E-state index contributed by atoms with van der Waals surface area (Å²) in [4.78, 5) is 14.5. The van der Waals surface area contributed by atoms with Crippen molar-refractivity contribution in [3.8, 4) is 28.4 Å². The van der Waals surface area contributed by atoms with Gasteiger partial charge in [-0.3, -0.25) is 4.79 Å². The third-order valence-electron chi connectivity index (χ3n) is 5.34. The average molecular weight is 383 g/mol. The number of hydrogen-bond donors (Lipinski definition) is 1. The van der Waals surface area contributed by atoms with E-state index in [1.54, 1.807) is 14.2 Å². The minimum atomic E-state index is -0.105. The average Bonchev–Trinajstić information content (AvgIpc) is 3.58. The Labute approximate surface area is 164 Å². The van der Waals surface area contributed by atoms with Crippen molar-refractivity contribution >= 4 is 5.91 Å². The van der Waals surface area contributed by atoms with Gasteiger partial charge >= 0.3 is 0 Å². The molecule has 6 heteroatoms. The number of rotatable bonds is 5. The first-order valence-corrected chi connectivity index (χ1v) is 9.55. The fraction of sp³-hybridized carbons (Fsp3) is 0.409. The molecule has 2 aromatic rings. The van der Waals surface area contributed by atoms with E-state index >= 15 is 0 Å². The lowest BCUT2D eigenvalue weighted by Gasteiger charge is -2.20. The SMILES string of the molecule is COc1ccc(-c2cc3c(c(OC)c2)OCCN(C(=O)C2CC2)C3)cc1CO. The molecule has 1 heterocycles. The molecule has 6 nitrogen and oxygen atoms in total. The molecule has 0 spiro atoms. The predicted molar refractivity (Wildman–Crippen MR) is 105 cm³/mol. The summed E-state index contributed by atoms with van der Waals surface area (Å²) in [5.41, 5.74) is 3.53. The van der Waals surface area contributed by atoms with Crippen molar-refractivity contribution < 1.29 is 24.1 Å². The van der Waals surface area contributed by atoms with Crippen LogP contribution in [0, 0.1) is 5.92 Å². The zero-order chi connectivity index (χ0) is 19.7. The van der Waals surface area contributed by atoms with Gasteiger partial charge in [-0.25, -0.2) is 0 Å². The molecule has 0 bridgehead atoms. The molecule has 1 amide bonds. The van der Waals surface area contributed by atoms with Crippen molar-refractivity contribution in [2.75, 3.05) is 27.4 Å². The Kier molecular flexibility index (Phi) is 5.13. The monoisotopic (exact) mass is 383 g/mol. The lowest BCUT2D eigenvalue weighted by atomic mass is 9.99. The van der Waals surface area contributed by atoms with Crippen molar-refractivity contribution in [3.63, 3.8) is 0 Å². The summed E-state index contributed by atoms with van der Waals surface area (Å²) in [5, 5.41) is 9.64. The highest BCUT2D eigenvalue weighted by Gasteiger charge is 2.34. The van der Waals surface area contributed by atoms with Gasteiger partial charge in [0.05, 0.1) is 27.4 Å². The highest BCUT2D eigenvalue weighted by molar-refractivity contribution is 5.81.